The highest BCUT2D eigenvalue weighted by atomic mass is 15.4. The third-order valence-corrected chi connectivity index (χ3v) is 4.51. The van der Waals surface area contributed by atoms with Crippen LogP contribution in [0.25, 0.3) is 11.0 Å². The molecule has 1 unspecified atom stereocenters. The molecule has 0 saturated heterocycles. The maximum atomic E-state index is 4.51. The molecule has 3 aromatic heterocycles. The average Bonchev–Trinajstić information content (AvgIpc) is 3.13. The summed E-state index contributed by atoms with van der Waals surface area (Å²) in [6.07, 6.45) is 3.43. The zero-order chi connectivity index (χ0) is 16.1. The highest BCUT2D eigenvalue weighted by molar-refractivity contribution is 5.86. The van der Waals surface area contributed by atoms with E-state index in [1.807, 2.05) is 13.2 Å². The standard InChI is InChI=1S/C15H20N8/c1-9(2)12-19-20-13-10(3)22(5-6-23(12)13)15-11-7-18-21(4)14(11)16-8-17-15/h7-10H,5-6H2,1-4H3. The van der Waals surface area contributed by atoms with Gasteiger partial charge in [-0.15, -0.1) is 10.2 Å². The first kappa shape index (κ1) is 14.1. The molecule has 1 aliphatic heterocycles. The van der Waals surface area contributed by atoms with Gasteiger partial charge in [-0.1, -0.05) is 13.8 Å². The van der Waals surface area contributed by atoms with E-state index in [0.29, 0.717) is 5.92 Å². The lowest BCUT2D eigenvalue weighted by molar-refractivity contribution is 0.478. The molecule has 0 saturated carbocycles. The van der Waals surface area contributed by atoms with Crippen molar-refractivity contribution in [3.63, 3.8) is 0 Å². The molecular weight excluding hydrogens is 292 g/mol. The number of hydrogen-bond donors (Lipinski definition) is 0. The topological polar surface area (TPSA) is 77.6 Å². The largest absolute Gasteiger partial charge is 0.344 e. The predicted octanol–water partition coefficient (Wildman–Crippen LogP) is 1.66. The van der Waals surface area contributed by atoms with Gasteiger partial charge in [0.25, 0.3) is 0 Å². The van der Waals surface area contributed by atoms with Gasteiger partial charge in [0.15, 0.2) is 11.5 Å². The fourth-order valence-electron chi connectivity index (χ4n) is 3.30. The molecule has 1 aliphatic rings. The van der Waals surface area contributed by atoms with Gasteiger partial charge in [0.1, 0.15) is 18.0 Å². The summed E-state index contributed by atoms with van der Waals surface area (Å²) in [7, 11) is 1.89. The maximum Gasteiger partial charge on any atom is 0.163 e. The Morgan fingerprint density at radius 2 is 2.00 bits per heavy atom. The molecule has 0 spiro atoms. The van der Waals surface area contributed by atoms with Gasteiger partial charge in [0, 0.05) is 26.1 Å². The monoisotopic (exact) mass is 312 g/mol. The van der Waals surface area contributed by atoms with Crippen LogP contribution in [0, 0.1) is 0 Å². The SMILES string of the molecule is CC(C)c1nnc2n1CCN(c1ncnc3c1cnn3C)C2C. The fraction of sp³-hybridized carbons (Fsp3) is 0.533. The Balaban J connectivity index is 1.78. The van der Waals surface area contributed by atoms with Crippen LogP contribution >= 0.6 is 0 Å². The number of nitrogens with zero attached hydrogens (tertiary/aromatic N) is 8. The highest BCUT2D eigenvalue weighted by Gasteiger charge is 2.30. The van der Waals surface area contributed by atoms with E-state index in [-0.39, 0.29) is 6.04 Å². The summed E-state index contributed by atoms with van der Waals surface area (Å²) in [5, 5.41) is 14.1. The first-order valence-corrected chi connectivity index (χ1v) is 7.90. The van der Waals surface area contributed by atoms with E-state index in [1.165, 1.54) is 0 Å². The van der Waals surface area contributed by atoms with E-state index in [1.54, 1.807) is 11.0 Å². The first-order chi connectivity index (χ1) is 11.1. The van der Waals surface area contributed by atoms with E-state index in [9.17, 15) is 0 Å². The molecule has 23 heavy (non-hydrogen) atoms. The van der Waals surface area contributed by atoms with Crippen molar-refractivity contribution in [1.29, 1.82) is 0 Å². The molecule has 1 atom stereocenters. The second-order valence-corrected chi connectivity index (χ2v) is 6.29. The molecular formula is C15H20N8. The molecule has 4 rings (SSSR count). The van der Waals surface area contributed by atoms with Crippen molar-refractivity contribution in [2.24, 2.45) is 7.05 Å². The number of hydrogen-bond acceptors (Lipinski definition) is 6. The fourth-order valence-corrected chi connectivity index (χ4v) is 3.30. The molecule has 0 fully saturated rings. The van der Waals surface area contributed by atoms with Gasteiger partial charge in [-0.3, -0.25) is 4.68 Å². The van der Waals surface area contributed by atoms with Crippen LogP contribution in [0.2, 0.25) is 0 Å². The minimum Gasteiger partial charge on any atom is -0.344 e. The van der Waals surface area contributed by atoms with Gasteiger partial charge < -0.3 is 9.47 Å². The third kappa shape index (κ3) is 2.01. The molecule has 0 bridgehead atoms. The van der Waals surface area contributed by atoms with E-state index < -0.39 is 0 Å². The summed E-state index contributed by atoms with van der Waals surface area (Å²) in [4.78, 5) is 11.1. The molecule has 4 heterocycles. The number of aryl methyl sites for hydroxylation is 1. The number of anilines is 1. The molecule has 8 nitrogen and oxygen atoms in total. The number of rotatable bonds is 2. The van der Waals surface area contributed by atoms with Crippen molar-refractivity contribution >= 4 is 16.9 Å². The summed E-state index contributed by atoms with van der Waals surface area (Å²) in [6.45, 7) is 8.18. The van der Waals surface area contributed by atoms with Gasteiger partial charge in [0.2, 0.25) is 0 Å². The lowest BCUT2D eigenvalue weighted by atomic mass is 10.1. The van der Waals surface area contributed by atoms with Gasteiger partial charge in [-0.2, -0.15) is 5.10 Å². The minimum absolute atomic E-state index is 0.113. The van der Waals surface area contributed by atoms with Crippen LogP contribution in [0.15, 0.2) is 12.5 Å². The zero-order valence-corrected chi connectivity index (χ0v) is 13.8. The predicted molar refractivity (Wildman–Crippen MR) is 86.2 cm³/mol. The van der Waals surface area contributed by atoms with E-state index in [2.05, 4.69) is 55.5 Å². The van der Waals surface area contributed by atoms with Crippen molar-refractivity contribution in [2.45, 2.75) is 39.3 Å². The summed E-state index contributed by atoms with van der Waals surface area (Å²) in [5.41, 5.74) is 0.845. The second kappa shape index (κ2) is 5.00. The second-order valence-electron chi connectivity index (χ2n) is 6.29. The van der Waals surface area contributed by atoms with Crippen LogP contribution in [0.1, 0.15) is 44.4 Å². The zero-order valence-electron chi connectivity index (χ0n) is 13.8. The van der Waals surface area contributed by atoms with Gasteiger partial charge in [-0.05, 0) is 6.92 Å². The summed E-state index contributed by atoms with van der Waals surface area (Å²) >= 11 is 0. The molecule has 0 N–H and O–H groups in total. The number of fused-ring (bicyclic) bond motifs is 2. The Morgan fingerprint density at radius 3 is 2.78 bits per heavy atom. The third-order valence-electron chi connectivity index (χ3n) is 4.51. The van der Waals surface area contributed by atoms with Gasteiger partial charge >= 0.3 is 0 Å². The molecule has 3 aromatic rings. The van der Waals surface area contributed by atoms with Crippen LogP contribution in [-0.4, -0.2) is 41.1 Å². The quantitative estimate of drug-likeness (QED) is 0.716. The van der Waals surface area contributed by atoms with Crippen LogP contribution < -0.4 is 4.90 Å². The minimum atomic E-state index is 0.113. The highest BCUT2D eigenvalue weighted by Crippen LogP contribution is 2.33. The average molecular weight is 312 g/mol. The summed E-state index contributed by atoms with van der Waals surface area (Å²) < 4.78 is 4.02. The van der Waals surface area contributed by atoms with Crippen LogP contribution in [-0.2, 0) is 13.6 Å². The lowest BCUT2D eigenvalue weighted by Gasteiger charge is -2.35. The summed E-state index contributed by atoms with van der Waals surface area (Å²) in [6, 6.07) is 0.113. The molecule has 8 heteroatoms. The Hall–Kier alpha value is -2.51. The number of aromatic nitrogens is 7. The van der Waals surface area contributed by atoms with E-state index in [0.717, 1.165) is 41.6 Å². The Labute approximate surface area is 134 Å². The molecule has 120 valence electrons. The van der Waals surface area contributed by atoms with Crippen molar-refractivity contribution in [3.8, 4) is 0 Å². The Bertz CT molecular complexity index is 862. The normalized spacial score (nSPS) is 18.0. The first-order valence-electron chi connectivity index (χ1n) is 7.90. The Morgan fingerprint density at radius 1 is 1.17 bits per heavy atom. The molecule has 0 radical (unpaired) electrons. The molecule has 0 aliphatic carbocycles. The van der Waals surface area contributed by atoms with Crippen molar-refractivity contribution in [3.05, 3.63) is 24.2 Å². The van der Waals surface area contributed by atoms with Crippen molar-refractivity contribution in [1.82, 2.24) is 34.5 Å². The molecule has 0 aromatic carbocycles. The van der Waals surface area contributed by atoms with Crippen LogP contribution in [0.3, 0.4) is 0 Å². The van der Waals surface area contributed by atoms with Crippen LogP contribution in [0.4, 0.5) is 5.82 Å². The van der Waals surface area contributed by atoms with E-state index >= 15 is 0 Å². The van der Waals surface area contributed by atoms with Crippen molar-refractivity contribution < 1.29 is 0 Å². The van der Waals surface area contributed by atoms with Gasteiger partial charge in [0.05, 0.1) is 17.6 Å². The maximum absolute atomic E-state index is 4.51. The van der Waals surface area contributed by atoms with Crippen molar-refractivity contribution in [2.75, 3.05) is 11.4 Å². The molecule has 0 amide bonds. The van der Waals surface area contributed by atoms with E-state index in [4.69, 9.17) is 0 Å². The smallest absolute Gasteiger partial charge is 0.163 e. The lowest BCUT2D eigenvalue weighted by Crippen LogP contribution is -2.38. The van der Waals surface area contributed by atoms with Crippen LogP contribution in [0.5, 0.6) is 0 Å². The Kier molecular flexibility index (Phi) is 3.07. The van der Waals surface area contributed by atoms with Gasteiger partial charge in [-0.25, -0.2) is 9.97 Å². The summed E-state index contributed by atoms with van der Waals surface area (Å²) in [5.74, 6) is 3.34.